The summed E-state index contributed by atoms with van der Waals surface area (Å²) in [6.45, 7) is 31.9. The van der Waals surface area contributed by atoms with Crippen molar-refractivity contribution in [2.45, 2.75) is 125 Å². The first kappa shape index (κ1) is 48.3. The van der Waals surface area contributed by atoms with Gasteiger partial charge in [-0.3, -0.25) is 4.57 Å². The number of nitrogens with zero attached hydrogens (tertiary/aromatic N) is 4. The molecule has 0 amide bonds. The molecule has 0 bridgehead atoms. The lowest BCUT2D eigenvalue weighted by Crippen LogP contribution is -2.17. The molecule has 9 aromatic rings. The number of benzene rings is 7. The molecular weight excluding hydrogens is 877 g/mol. The van der Waals surface area contributed by atoms with Gasteiger partial charge in [-0.1, -0.05) is 182 Å². The second-order valence-electron chi connectivity index (χ2n) is 24.3. The predicted octanol–water partition coefficient (Wildman–Crippen LogP) is 18.5. The summed E-state index contributed by atoms with van der Waals surface area (Å²) in [5, 5.41) is 2.32. The van der Waals surface area contributed by atoms with Gasteiger partial charge in [0.1, 0.15) is 17.3 Å². The molecule has 10 rings (SSSR count). The highest BCUT2D eigenvalue weighted by molar-refractivity contribution is 6.09. The van der Waals surface area contributed by atoms with Crippen LogP contribution in [0.3, 0.4) is 0 Å². The van der Waals surface area contributed by atoms with Gasteiger partial charge in [-0.25, -0.2) is 4.98 Å². The molecule has 3 heterocycles. The molecule has 0 atom stereocenters. The second kappa shape index (κ2) is 17.8. The zero-order chi connectivity index (χ0) is 51.1. The van der Waals surface area contributed by atoms with Gasteiger partial charge in [-0.2, -0.15) is 0 Å². The van der Waals surface area contributed by atoms with Gasteiger partial charge >= 0.3 is 11.7 Å². The van der Waals surface area contributed by atoms with E-state index < -0.39 is 0 Å². The third-order valence-electron chi connectivity index (χ3n) is 14.4. The van der Waals surface area contributed by atoms with Crippen molar-refractivity contribution in [1.82, 2.24) is 18.7 Å². The Morgan fingerprint density at radius 3 is 1.79 bits per heavy atom. The molecule has 7 aromatic carbocycles. The van der Waals surface area contributed by atoms with Crippen molar-refractivity contribution in [3.63, 3.8) is 0 Å². The molecule has 362 valence electrons. The second-order valence-corrected chi connectivity index (χ2v) is 24.3. The van der Waals surface area contributed by atoms with E-state index in [-0.39, 0.29) is 27.6 Å². The van der Waals surface area contributed by atoms with Crippen molar-refractivity contribution < 1.29 is 4.74 Å². The third kappa shape index (κ3) is 9.12. The van der Waals surface area contributed by atoms with E-state index in [4.69, 9.17) is 9.72 Å². The first-order valence-electron chi connectivity index (χ1n) is 25.7. The number of hydrogen-bond donors (Lipinski definition) is 0. The molecule has 72 heavy (non-hydrogen) atoms. The van der Waals surface area contributed by atoms with Gasteiger partial charge in [0.05, 0.1) is 22.7 Å². The Hall–Kier alpha value is -7.33. The van der Waals surface area contributed by atoms with Crippen molar-refractivity contribution in [2.24, 2.45) is 0 Å². The average Bonchev–Trinajstić information content (AvgIpc) is 3.89. The van der Waals surface area contributed by atoms with Gasteiger partial charge in [0, 0.05) is 52.9 Å². The summed E-state index contributed by atoms with van der Waals surface area (Å²) in [5.74, 6) is 2.65. The van der Waals surface area contributed by atoms with E-state index in [0.29, 0.717) is 0 Å². The Balaban J connectivity index is 1.08. The van der Waals surface area contributed by atoms with Crippen LogP contribution in [-0.2, 0) is 21.7 Å². The highest BCUT2D eigenvalue weighted by Gasteiger charge is 2.41. The van der Waals surface area contributed by atoms with Crippen molar-refractivity contribution >= 4 is 50.6 Å². The third-order valence-corrected chi connectivity index (χ3v) is 14.4. The maximum Gasteiger partial charge on any atom is 0.503 e. The molecule has 0 unspecified atom stereocenters. The molecule has 5 heteroatoms. The largest absolute Gasteiger partial charge is 0.503 e. The molecular formula is C67H70N4O+2. The summed E-state index contributed by atoms with van der Waals surface area (Å²) < 4.78 is 13.7. The molecule has 0 radical (unpaired) electrons. The van der Waals surface area contributed by atoms with Crippen LogP contribution in [0, 0.1) is 0 Å². The Morgan fingerprint density at radius 1 is 0.472 bits per heavy atom. The smallest absolute Gasteiger partial charge is 0.457 e. The number of para-hydroxylation sites is 2. The molecule has 1 aliphatic rings. The SMILES string of the molecule is CC(C)c1cc(-n2c3ccccc3c3ccc(Oc4cccc([N+]5=C=[N+](c6cc(C(C)(C)C)cc(C(C)(C)C)c6)c6c(-c7cccc(C(C)(C)C)c7)cccc65)c4)cc32)ncc1-c1ccc(C(C)(C)C)cc1. The highest BCUT2D eigenvalue weighted by atomic mass is 16.5. The van der Waals surface area contributed by atoms with Crippen molar-refractivity contribution in [3.8, 4) is 39.6 Å². The molecule has 0 N–H and O–H groups in total. The van der Waals surface area contributed by atoms with Crippen LogP contribution in [0.2, 0.25) is 0 Å². The lowest BCUT2D eigenvalue weighted by molar-refractivity contribution is 0.483. The summed E-state index contributed by atoms with van der Waals surface area (Å²) in [5.41, 5.74) is 17.5. The quantitative estimate of drug-likeness (QED) is 0.142. The summed E-state index contributed by atoms with van der Waals surface area (Å²) >= 11 is 0. The van der Waals surface area contributed by atoms with Gasteiger partial charge in [-0.15, -0.1) is 0 Å². The normalized spacial score (nSPS) is 13.2. The van der Waals surface area contributed by atoms with Gasteiger partial charge in [0.25, 0.3) is 5.69 Å². The van der Waals surface area contributed by atoms with E-state index in [0.717, 1.165) is 67.6 Å². The molecule has 5 nitrogen and oxygen atoms in total. The van der Waals surface area contributed by atoms with Crippen LogP contribution in [0.4, 0.5) is 22.7 Å². The van der Waals surface area contributed by atoms with E-state index in [2.05, 4.69) is 275 Å². The van der Waals surface area contributed by atoms with Gasteiger partial charge in [-0.05, 0) is 112 Å². The monoisotopic (exact) mass is 947 g/mol. The van der Waals surface area contributed by atoms with E-state index >= 15 is 0 Å². The van der Waals surface area contributed by atoms with Crippen molar-refractivity contribution in [1.29, 1.82) is 0 Å². The molecule has 0 spiro atoms. The van der Waals surface area contributed by atoms with Crippen molar-refractivity contribution in [2.75, 3.05) is 0 Å². The number of rotatable bonds is 8. The summed E-state index contributed by atoms with van der Waals surface area (Å²) in [4.78, 5) is 5.21. The van der Waals surface area contributed by atoms with E-state index in [1.165, 1.54) is 44.3 Å². The standard InChI is InChI=1S/C67H70N4O/c1-43(2)57-40-62(68-41-58(57)44-28-30-46(31-29-44)64(3,4)5)71-59-26-16-15-24-55(59)56-33-32-53(39-61(56)71)72-52-23-18-22-50(38-52)69-42-70(51-36-48(66(9,10)11)35-49(37-51)67(12,13)14)63-54(25-19-27-60(63)69)45-20-17-21-47(34-45)65(6,7)8/h15-41,43H,1-14H3/q+2. The highest BCUT2D eigenvalue weighted by Crippen LogP contribution is 2.46. The molecule has 0 saturated carbocycles. The first-order chi connectivity index (χ1) is 34.0. The molecule has 1 aliphatic heterocycles. The Labute approximate surface area is 427 Å². The average molecular weight is 947 g/mol. The number of fused-ring (bicyclic) bond motifs is 4. The Bertz CT molecular complexity index is 3610. The minimum absolute atomic E-state index is 0.00166. The molecule has 0 aliphatic carbocycles. The van der Waals surface area contributed by atoms with Crippen LogP contribution in [0.5, 0.6) is 11.5 Å². The zero-order valence-electron chi connectivity index (χ0n) is 44.9. The molecule has 2 aromatic heterocycles. The number of hydrogen-bond acceptors (Lipinski definition) is 2. The van der Waals surface area contributed by atoms with Crippen molar-refractivity contribution in [3.05, 3.63) is 192 Å². The topological polar surface area (TPSA) is 33.1 Å². The summed E-state index contributed by atoms with van der Waals surface area (Å²) in [7, 11) is 0. The molecule has 0 fully saturated rings. The number of aromatic nitrogens is 2. The lowest BCUT2D eigenvalue weighted by Gasteiger charge is -2.24. The summed E-state index contributed by atoms with van der Waals surface area (Å²) in [6.07, 6.45) is 2.06. The van der Waals surface area contributed by atoms with Crippen LogP contribution in [0.15, 0.2) is 164 Å². The van der Waals surface area contributed by atoms with E-state index in [9.17, 15) is 0 Å². The van der Waals surface area contributed by atoms with E-state index in [1.54, 1.807) is 0 Å². The minimum Gasteiger partial charge on any atom is -0.457 e. The maximum atomic E-state index is 6.89. The Morgan fingerprint density at radius 2 is 1.11 bits per heavy atom. The number of ether oxygens (including phenoxy) is 1. The van der Waals surface area contributed by atoms with Gasteiger partial charge < -0.3 is 4.74 Å². The fourth-order valence-electron chi connectivity index (χ4n) is 10.1. The van der Waals surface area contributed by atoms with E-state index in [1.807, 2.05) is 6.07 Å². The van der Waals surface area contributed by atoms with Crippen LogP contribution < -0.4 is 13.9 Å². The maximum absolute atomic E-state index is 6.89. The fraction of sp³-hybridized carbons (Fsp3) is 0.284. The lowest BCUT2D eigenvalue weighted by atomic mass is 9.80. The zero-order valence-corrected chi connectivity index (χ0v) is 44.9. The van der Waals surface area contributed by atoms with Crippen LogP contribution in [0.1, 0.15) is 131 Å². The van der Waals surface area contributed by atoms with Gasteiger partial charge in [0.15, 0.2) is 0 Å². The van der Waals surface area contributed by atoms with Crippen LogP contribution in [0.25, 0.3) is 49.9 Å². The first-order valence-corrected chi connectivity index (χ1v) is 25.7. The summed E-state index contributed by atoms with van der Waals surface area (Å²) in [6, 6.07) is 61.4. The fourth-order valence-corrected chi connectivity index (χ4v) is 10.1. The predicted molar refractivity (Wildman–Crippen MR) is 306 cm³/mol. The minimum atomic E-state index is -0.0562. The van der Waals surface area contributed by atoms with Crippen LogP contribution in [-0.4, -0.2) is 15.6 Å². The number of pyridine rings is 1. The Kier molecular flexibility index (Phi) is 11.9. The molecule has 0 saturated heterocycles. The van der Waals surface area contributed by atoms with Gasteiger partial charge in [0.2, 0.25) is 11.4 Å². The van der Waals surface area contributed by atoms with Crippen LogP contribution >= 0.6 is 0 Å².